The molecule has 1 saturated carbocycles. The summed E-state index contributed by atoms with van der Waals surface area (Å²) < 4.78 is 6.74. The molecule has 0 aromatic carbocycles. The van der Waals surface area contributed by atoms with Gasteiger partial charge in [-0.1, -0.05) is 19.3 Å². The standard InChI is InChI=1S/C17H25N3O3/c1-3-23-17(22)15-13-11-20(10-9-14(13)18-19(15)2)16(21)12-7-5-4-6-8-12/h12H,3-11H2,1-2H3. The van der Waals surface area contributed by atoms with E-state index in [4.69, 9.17) is 4.74 Å². The fourth-order valence-corrected chi connectivity index (χ4v) is 3.75. The highest BCUT2D eigenvalue weighted by molar-refractivity contribution is 5.90. The van der Waals surface area contributed by atoms with Crippen LogP contribution < -0.4 is 0 Å². The average molecular weight is 319 g/mol. The summed E-state index contributed by atoms with van der Waals surface area (Å²) in [6.07, 6.45) is 6.25. The van der Waals surface area contributed by atoms with Gasteiger partial charge in [0.1, 0.15) is 0 Å². The molecule has 0 unspecified atom stereocenters. The maximum atomic E-state index is 12.8. The van der Waals surface area contributed by atoms with Gasteiger partial charge < -0.3 is 9.64 Å². The minimum Gasteiger partial charge on any atom is -0.461 e. The van der Waals surface area contributed by atoms with Gasteiger partial charge in [0.05, 0.1) is 12.3 Å². The Labute approximate surface area is 136 Å². The third kappa shape index (κ3) is 3.12. The first-order chi connectivity index (χ1) is 11.1. The molecule has 0 atom stereocenters. The Hall–Kier alpha value is -1.85. The van der Waals surface area contributed by atoms with E-state index in [-0.39, 0.29) is 17.8 Å². The Balaban J connectivity index is 1.79. The molecule has 1 aliphatic heterocycles. The van der Waals surface area contributed by atoms with E-state index in [1.165, 1.54) is 6.42 Å². The van der Waals surface area contributed by atoms with E-state index in [9.17, 15) is 9.59 Å². The number of aryl methyl sites for hydroxylation is 1. The molecule has 1 aromatic rings. The van der Waals surface area contributed by atoms with Crippen molar-refractivity contribution in [1.82, 2.24) is 14.7 Å². The average Bonchev–Trinajstić information content (AvgIpc) is 2.90. The predicted octanol–water partition coefficient (Wildman–Crippen LogP) is 2.06. The number of rotatable bonds is 3. The second-order valence-corrected chi connectivity index (χ2v) is 6.46. The monoisotopic (exact) mass is 319 g/mol. The zero-order valence-electron chi connectivity index (χ0n) is 14.0. The first-order valence-electron chi connectivity index (χ1n) is 8.62. The lowest BCUT2D eigenvalue weighted by Crippen LogP contribution is -2.40. The molecule has 1 aromatic heterocycles. The Kier molecular flexibility index (Phi) is 4.68. The minimum atomic E-state index is -0.351. The van der Waals surface area contributed by atoms with Gasteiger partial charge in [0.15, 0.2) is 5.69 Å². The Morgan fingerprint density at radius 2 is 2.00 bits per heavy atom. The molecular formula is C17H25N3O3. The van der Waals surface area contributed by atoms with Crippen molar-refractivity contribution in [3.05, 3.63) is 17.0 Å². The van der Waals surface area contributed by atoms with E-state index in [0.29, 0.717) is 31.8 Å². The number of hydrogen-bond donors (Lipinski definition) is 0. The lowest BCUT2D eigenvalue weighted by molar-refractivity contribution is -0.137. The number of nitrogens with zero attached hydrogens (tertiary/aromatic N) is 3. The number of carbonyl (C=O) groups excluding carboxylic acids is 2. The van der Waals surface area contributed by atoms with Crippen LogP contribution in [0.5, 0.6) is 0 Å². The Morgan fingerprint density at radius 1 is 1.26 bits per heavy atom. The number of esters is 1. The maximum absolute atomic E-state index is 12.8. The van der Waals surface area contributed by atoms with Crippen LogP contribution in [0.15, 0.2) is 0 Å². The number of amides is 1. The molecule has 6 heteroatoms. The van der Waals surface area contributed by atoms with Crippen LogP contribution in [0.3, 0.4) is 0 Å². The molecule has 1 amide bonds. The van der Waals surface area contributed by atoms with Crippen LogP contribution in [0.4, 0.5) is 0 Å². The summed E-state index contributed by atoms with van der Waals surface area (Å²) in [4.78, 5) is 26.9. The van der Waals surface area contributed by atoms with Crippen LogP contribution in [0.2, 0.25) is 0 Å². The van der Waals surface area contributed by atoms with E-state index in [2.05, 4.69) is 5.10 Å². The molecule has 0 bridgehead atoms. The summed E-state index contributed by atoms with van der Waals surface area (Å²) in [6, 6.07) is 0. The fourth-order valence-electron chi connectivity index (χ4n) is 3.75. The van der Waals surface area contributed by atoms with Gasteiger partial charge >= 0.3 is 5.97 Å². The van der Waals surface area contributed by atoms with Crippen molar-refractivity contribution in [3.63, 3.8) is 0 Å². The summed E-state index contributed by atoms with van der Waals surface area (Å²) >= 11 is 0. The fraction of sp³-hybridized carbons (Fsp3) is 0.706. The summed E-state index contributed by atoms with van der Waals surface area (Å²) in [5.41, 5.74) is 2.27. The van der Waals surface area contributed by atoms with Gasteiger partial charge in [-0.25, -0.2) is 4.79 Å². The van der Waals surface area contributed by atoms with E-state index in [0.717, 1.165) is 36.9 Å². The second-order valence-electron chi connectivity index (χ2n) is 6.46. The van der Waals surface area contributed by atoms with Gasteiger partial charge in [0.25, 0.3) is 0 Å². The third-order valence-corrected chi connectivity index (χ3v) is 4.93. The highest BCUT2D eigenvalue weighted by atomic mass is 16.5. The smallest absolute Gasteiger partial charge is 0.356 e. The van der Waals surface area contributed by atoms with Crippen LogP contribution in [0.1, 0.15) is 60.8 Å². The van der Waals surface area contributed by atoms with Crippen LogP contribution in [0, 0.1) is 5.92 Å². The van der Waals surface area contributed by atoms with E-state index in [1.54, 1.807) is 18.7 Å². The zero-order chi connectivity index (χ0) is 16.4. The Bertz CT molecular complexity index is 602. The van der Waals surface area contributed by atoms with Gasteiger partial charge in [-0.05, 0) is 19.8 Å². The van der Waals surface area contributed by atoms with Crippen LogP contribution in [0.25, 0.3) is 0 Å². The van der Waals surface area contributed by atoms with E-state index >= 15 is 0 Å². The van der Waals surface area contributed by atoms with Crippen molar-refractivity contribution in [3.8, 4) is 0 Å². The quantitative estimate of drug-likeness (QED) is 0.800. The minimum absolute atomic E-state index is 0.160. The van der Waals surface area contributed by atoms with Gasteiger partial charge in [0, 0.05) is 38.0 Å². The highest BCUT2D eigenvalue weighted by Gasteiger charge is 2.32. The maximum Gasteiger partial charge on any atom is 0.356 e. The summed E-state index contributed by atoms with van der Waals surface area (Å²) in [7, 11) is 1.76. The molecule has 2 aliphatic rings. The topological polar surface area (TPSA) is 64.4 Å². The number of aromatic nitrogens is 2. The Morgan fingerprint density at radius 3 is 2.70 bits per heavy atom. The number of hydrogen-bond acceptors (Lipinski definition) is 4. The molecule has 0 N–H and O–H groups in total. The molecule has 0 spiro atoms. The first-order valence-corrected chi connectivity index (χ1v) is 8.62. The molecule has 126 valence electrons. The largest absolute Gasteiger partial charge is 0.461 e. The summed E-state index contributed by atoms with van der Waals surface area (Å²) in [5, 5.41) is 4.44. The normalized spacial score (nSPS) is 18.6. The molecule has 1 aliphatic carbocycles. The van der Waals surface area contributed by atoms with E-state index in [1.807, 2.05) is 4.90 Å². The highest BCUT2D eigenvalue weighted by Crippen LogP contribution is 2.29. The number of carbonyl (C=O) groups is 2. The predicted molar refractivity (Wildman–Crippen MR) is 84.9 cm³/mol. The zero-order valence-corrected chi connectivity index (χ0v) is 14.0. The SMILES string of the molecule is CCOC(=O)c1c2c(nn1C)CCN(C(=O)C1CCCCC1)C2. The van der Waals surface area contributed by atoms with Crippen molar-refractivity contribution in [1.29, 1.82) is 0 Å². The van der Waals surface area contributed by atoms with Crippen molar-refractivity contribution in [2.75, 3.05) is 13.2 Å². The van der Waals surface area contributed by atoms with Gasteiger partial charge in [-0.15, -0.1) is 0 Å². The van der Waals surface area contributed by atoms with Gasteiger partial charge in [-0.2, -0.15) is 5.10 Å². The molecule has 23 heavy (non-hydrogen) atoms. The summed E-state index contributed by atoms with van der Waals surface area (Å²) in [6.45, 7) is 3.30. The van der Waals surface area contributed by atoms with Gasteiger partial charge in [0.2, 0.25) is 5.91 Å². The second kappa shape index (κ2) is 6.72. The van der Waals surface area contributed by atoms with E-state index < -0.39 is 0 Å². The van der Waals surface area contributed by atoms with Crippen LogP contribution in [-0.4, -0.2) is 39.7 Å². The molecule has 0 radical (unpaired) electrons. The molecule has 3 rings (SSSR count). The molecule has 0 saturated heterocycles. The van der Waals surface area contributed by atoms with Gasteiger partial charge in [-0.3, -0.25) is 9.48 Å². The number of fused-ring (bicyclic) bond motifs is 1. The van der Waals surface area contributed by atoms with Crippen molar-refractivity contribution < 1.29 is 14.3 Å². The summed E-state index contributed by atoms with van der Waals surface area (Å²) in [5.74, 6) is 0.0535. The molecule has 1 fully saturated rings. The van der Waals surface area contributed by atoms with Crippen LogP contribution in [-0.2, 0) is 29.5 Å². The van der Waals surface area contributed by atoms with Crippen molar-refractivity contribution in [2.24, 2.45) is 13.0 Å². The third-order valence-electron chi connectivity index (χ3n) is 4.93. The molecule has 6 nitrogen and oxygen atoms in total. The lowest BCUT2D eigenvalue weighted by Gasteiger charge is -2.31. The van der Waals surface area contributed by atoms with Crippen molar-refractivity contribution in [2.45, 2.75) is 52.0 Å². The van der Waals surface area contributed by atoms with Crippen LogP contribution >= 0.6 is 0 Å². The first kappa shape index (κ1) is 16.0. The number of ether oxygens (including phenoxy) is 1. The lowest BCUT2D eigenvalue weighted by atomic mass is 9.87. The molecular weight excluding hydrogens is 294 g/mol. The molecule has 2 heterocycles. The van der Waals surface area contributed by atoms with Crippen molar-refractivity contribution >= 4 is 11.9 Å².